The summed E-state index contributed by atoms with van der Waals surface area (Å²) in [5.41, 5.74) is 5.73. The first-order valence-corrected chi connectivity index (χ1v) is 7.44. The van der Waals surface area contributed by atoms with Crippen LogP contribution >= 0.6 is 0 Å². The summed E-state index contributed by atoms with van der Waals surface area (Å²) in [6.45, 7) is 0. The number of hydrogen-bond donors (Lipinski definition) is 2. The average molecular weight is 319 g/mol. The molecule has 22 heavy (non-hydrogen) atoms. The Morgan fingerprint density at radius 2 is 1.50 bits per heavy atom. The predicted octanol–water partition coefficient (Wildman–Crippen LogP) is 1.23. The van der Waals surface area contributed by atoms with Crippen molar-refractivity contribution in [3.05, 3.63) is 58.7 Å². The highest BCUT2D eigenvalue weighted by atomic mass is 32.3. The van der Waals surface area contributed by atoms with Gasteiger partial charge in [0.1, 0.15) is 0 Å². The summed E-state index contributed by atoms with van der Waals surface area (Å²) in [6.07, 6.45) is 0. The number of fused-ring (bicyclic) bond motifs is 2. The number of benzene rings is 2. The Morgan fingerprint density at radius 3 is 2.14 bits per heavy atom. The van der Waals surface area contributed by atoms with Crippen molar-refractivity contribution in [2.24, 2.45) is 0 Å². The minimum Gasteiger partial charge on any atom is -0.398 e. The number of ketones is 2. The molecule has 0 fully saturated rings. The summed E-state index contributed by atoms with van der Waals surface area (Å²) >= 11 is 0. The van der Waals surface area contributed by atoms with Gasteiger partial charge in [-0.15, -0.1) is 0 Å². The second-order valence-corrected chi connectivity index (χ2v) is 5.64. The number of carbonyl (C=O) groups excluding carboxylic acids is 2. The van der Waals surface area contributed by atoms with E-state index in [-0.39, 0.29) is 27.9 Å². The molecular formula is C14H9NO6S. The van der Waals surface area contributed by atoms with Gasteiger partial charge in [0, 0.05) is 16.8 Å². The normalized spacial score (nSPS) is 13.5. The topological polar surface area (TPSA) is 124 Å². The van der Waals surface area contributed by atoms with Gasteiger partial charge in [-0.2, -0.15) is 8.42 Å². The molecule has 3 rings (SSSR count). The minimum absolute atomic E-state index is 0.00797. The molecule has 0 bridgehead atoms. The molecule has 0 radical (unpaired) electrons. The predicted molar refractivity (Wildman–Crippen MR) is 76.3 cm³/mol. The molecule has 2 aromatic rings. The Kier molecular flexibility index (Phi) is 3.01. The monoisotopic (exact) mass is 319 g/mol. The molecule has 0 saturated heterocycles. The van der Waals surface area contributed by atoms with Crippen LogP contribution in [0.3, 0.4) is 0 Å². The van der Waals surface area contributed by atoms with Crippen LogP contribution in [0.15, 0.2) is 36.4 Å². The first-order valence-electron chi connectivity index (χ1n) is 6.07. The molecule has 8 heteroatoms. The van der Waals surface area contributed by atoms with E-state index in [4.69, 9.17) is 10.3 Å². The Morgan fingerprint density at radius 1 is 0.909 bits per heavy atom. The van der Waals surface area contributed by atoms with Crippen LogP contribution in [0.5, 0.6) is 5.75 Å². The standard InChI is InChI=1S/C14H9NO6S/c15-9-5-1-3-7-11(9)14(17)12-8(13(7)16)4-2-6-10(12)21-22(18,19)20/h1-6H,15H2,(H,18,19,20). The van der Waals surface area contributed by atoms with E-state index in [0.717, 1.165) is 0 Å². The third kappa shape index (κ3) is 2.14. The molecular weight excluding hydrogens is 310 g/mol. The molecule has 3 N–H and O–H groups in total. The smallest absolute Gasteiger partial charge is 0.398 e. The quantitative estimate of drug-likeness (QED) is 0.537. The number of anilines is 1. The summed E-state index contributed by atoms with van der Waals surface area (Å²) in [6, 6.07) is 8.36. The lowest BCUT2D eigenvalue weighted by molar-refractivity contribution is 0.0978. The van der Waals surface area contributed by atoms with Crippen LogP contribution in [0.1, 0.15) is 31.8 Å². The van der Waals surface area contributed by atoms with Crippen molar-refractivity contribution in [3.63, 3.8) is 0 Å². The van der Waals surface area contributed by atoms with Crippen molar-refractivity contribution in [1.82, 2.24) is 0 Å². The van der Waals surface area contributed by atoms with Crippen molar-refractivity contribution >= 4 is 27.7 Å². The number of rotatable bonds is 2. The highest BCUT2D eigenvalue weighted by molar-refractivity contribution is 7.81. The van der Waals surface area contributed by atoms with Crippen molar-refractivity contribution < 1.29 is 26.7 Å². The lowest BCUT2D eigenvalue weighted by atomic mass is 9.83. The van der Waals surface area contributed by atoms with Crippen molar-refractivity contribution in [2.75, 3.05) is 5.73 Å². The number of nitrogens with two attached hydrogens (primary N) is 1. The van der Waals surface area contributed by atoms with E-state index >= 15 is 0 Å². The van der Waals surface area contributed by atoms with Crippen molar-refractivity contribution in [1.29, 1.82) is 0 Å². The lowest BCUT2D eigenvalue weighted by Gasteiger charge is -2.20. The van der Waals surface area contributed by atoms with Gasteiger partial charge < -0.3 is 9.92 Å². The van der Waals surface area contributed by atoms with Crippen LogP contribution in [0.25, 0.3) is 0 Å². The molecule has 0 atom stereocenters. The molecule has 0 heterocycles. The molecule has 0 unspecified atom stereocenters. The van der Waals surface area contributed by atoms with Gasteiger partial charge in [-0.3, -0.25) is 14.1 Å². The van der Waals surface area contributed by atoms with Crippen LogP contribution in [-0.2, 0) is 10.4 Å². The van der Waals surface area contributed by atoms with E-state index in [2.05, 4.69) is 4.18 Å². The average Bonchev–Trinajstić information content (AvgIpc) is 2.42. The van der Waals surface area contributed by atoms with E-state index in [1.807, 2.05) is 0 Å². The first-order chi connectivity index (χ1) is 10.3. The molecule has 0 aliphatic heterocycles. The van der Waals surface area contributed by atoms with Crippen molar-refractivity contribution in [2.45, 2.75) is 0 Å². The third-order valence-corrected chi connectivity index (χ3v) is 3.65. The van der Waals surface area contributed by atoms with E-state index in [9.17, 15) is 18.0 Å². The fraction of sp³-hybridized carbons (Fsp3) is 0. The number of hydrogen-bond acceptors (Lipinski definition) is 6. The van der Waals surface area contributed by atoms with E-state index in [1.165, 1.54) is 30.3 Å². The second kappa shape index (κ2) is 4.65. The Balaban J connectivity index is 2.29. The van der Waals surface area contributed by atoms with Crippen LogP contribution in [-0.4, -0.2) is 24.5 Å². The van der Waals surface area contributed by atoms with Gasteiger partial charge in [-0.25, -0.2) is 0 Å². The molecule has 2 aromatic carbocycles. The Labute approximate surface area is 125 Å². The number of nitrogen functional groups attached to an aromatic ring is 1. The SMILES string of the molecule is Nc1cccc2c1C(=O)c1c(OS(=O)(=O)O)cccc1C2=O. The van der Waals surface area contributed by atoms with Gasteiger partial charge in [0.05, 0.1) is 11.1 Å². The molecule has 0 amide bonds. The highest BCUT2D eigenvalue weighted by Gasteiger charge is 2.34. The summed E-state index contributed by atoms with van der Waals surface area (Å²) in [7, 11) is -4.83. The first kappa shape index (κ1) is 14.2. The molecule has 1 aliphatic rings. The van der Waals surface area contributed by atoms with Crippen LogP contribution < -0.4 is 9.92 Å². The van der Waals surface area contributed by atoms with Gasteiger partial charge in [-0.05, 0) is 12.1 Å². The van der Waals surface area contributed by atoms with Gasteiger partial charge in [0.2, 0.25) is 0 Å². The Bertz CT molecular complexity index is 932. The Hall–Kier alpha value is -2.71. The summed E-state index contributed by atoms with van der Waals surface area (Å²) < 4.78 is 35.0. The molecule has 1 aliphatic carbocycles. The maximum Gasteiger partial charge on any atom is 0.446 e. The molecule has 0 aromatic heterocycles. The second-order valence-electron chi connectivity index (χ2n) is 4.62. The van der Waals surface area contributed by atoms with Crippen molar-refractivity contribution in [3.8, 4) is 5.75 Å². The maximum absolute atomic E-state index is 12.6. The lowest BCUT2D eigenvalue weighted by Crippen LogP contribution is -2.23. The maximum atomic E-state index is 12.6. The van der Waals surface area contributed by atoms with Crippen LogP contribution in [0, 0.1) is 0 Å². The van der Waals surface area contributed by atoms with Crippen LogP contribution in [0.4, 0.5) is 5.69 Å². The summed E-state index contributed by atoms with van der Waals surface area (Å²) in [4.78, 5) is 25.0. The largest absolute Gasteiger partial charge is 0.446 e. The minimum atomic E-state index is -4.83. The zero-order chi connectivity index (χ0) is 16.1. The molecule has 112 valence electrons. The molecule has 7 nitrogen and oxygen atoms in total. The zero-order valence-electron chi connectivity index (χ0n) is 10.9. The summed E-state index contributed by atoms with van der Waals surface area (Å²) in [5, 5.41) is 0. The zero-order valence-corrected chi connectivity index (χ0v) is 11.8. The van der Waals surface area contributed by atoms with Gasteiger partial charge >= 0.3 is 10.4 Å². The highest BCUT2D eigenvalue weighted by Crippen LogP contribution is 2.35. The van der Waals surface area contributed by atoms with Crippen LogP contribution in [0.2, 0.25) is 0 Å². The van der Waals surface area contributed by atoms with Gasteiger partial charge in [-0.1, -0.05) is 24.3 Å². The fourth-order valence-corrected chi connectivity index (χ4v) is 2.79. The fourth-order valence-electron chi connectivity index (χ4n) is 2.42. The van der Waals surface area contributed by atoms with E-state index in [1.54, 1.807) is 6.07 Å². The van der Waals surface area contributed by atoms with Gasteiger partial charge in [0.15, 0.2) is 17.3 Å². The molecule has 0 saturated carbocycles. The summed E-state index contributed by atoms with van der Waals surface area (Å²) in [5.74, 6) is -1.54. The van der Waals surface area contributed by atoms with E-state index < -0.39 is 27.7 Å². The third-order valence-electron chi connectivity index (χ3n) is 3.26. The van der Waals surface area contributed by atoms with E-state index in [0.29, 0.717) is 0 Å². The number of carbonyl (C=O) groups is 2. The van der Waals surface area contributed by atoms with Gasteiger partial charge in [0.25, 0.3) is 0 Å². The molecule has 0 spiro atoms.